The summed E-state index contributed by atoms with van der Waals surface area (Å²) in [5, 5.41) is 0. The number of sulfonamides is 1. The summed E-state index contributed by atoms with van der Waals surface area (Å²) < 4.78 is 51.6. The van der Waals surface area contributed by atoms with Gasteiger partial charge in [0.1, 0.15) is 0 Å². The van der Waals surface area contributed by atoms with Gasteiger partial charge in [-0.25, -0.2) is 12.7 Å². The van der Waals surface area contributed by atoms with Gasteiger partial charge >= 0.3 is 0 Å². The highest BCUT2D eigenvalue weighted by Gasteiger charge is 2.18. The van der Waals surface area contributed by atoms with Gasteiger partial charge in [-0.3, -0.25) is 4.18 Å². The molecular formula is C11H17NO5S2. The van der Waals surface area contributed by atoms with Gasteiger partial charge in [-0.15, -0.1) is 0 Å². The van der Waals surface area contributed by atoms with Crippen molar-refractivity contribution in [3.05, 3.63) is 29.8 Å². The summed E-state index contributed by atoms with van der Waals surface area (Å²) in [6, 6.07) is 5.91. The highest BCUT2D eigenvalue weighted by atomic mass is 32.2. The monoisotopic (exact) mass is 307 g/mol. The zero-order chi connectivity index (χ0) is 14.8. The lowest BCUT2D eigenvalue weighted by Crippen LogP contribution is -2.22. The topological polar surface area (TPSA) is 80.8 Å². The first-order valence-electron chi connectivity index (χ1n) is 5.45. The van der Waals surface area contributed by atoms with Crippen LogP contribution in [-0.4, -0.2) is 41.5 Å². The summed E-state index contributed by atoms with van der Waals surface area (Å²) in [7, 11) is -4.14. The minimum atomic E-state index is -3.55. The molecule has 1 atom stereocenters. The predicted octanol–water partition coefficient (Wildman–Crippen LogP) is 0.974. The minimum absolute atomic E-state index is 0.146. The highest BCUT2D eigenvalue weighted by Crippen LogP contribution is 2.21. The van der Waals surface area contributed by atoms with Crippen molar-refractivity contribution in [2.45, 2.75) is 17.9 Å². The normalized spacial score (nSPS) is 14.6. The summed E-state index contributed by atoms with van der Waals surface area (Å²) in [5.74, 6) is 0. The van der Waals surface area contributed by atoms with Crippen LogP contribution < -0.4 is 0 Å². The van der Waals surface area contributed by atoms with Crippen LogP contribution in [0.25, 0.3) is 0 Å². The van der Waals surface area contributed by atoms with Gasteiger partial charge in [0.15, 0.2) is 0 Å². The molecule has 0 aliphatic rings. The smallest absolute Gasteiger partial charge is 0.262 e. The lowest BCUT2D eigenvalue weighted by Gasteiger charge is -2.14. The van der Waals surface area contributed by atoms with Crippen molar-refractivity contribution in [1.29, 1.82) is 0 Å². The summed E-state index contributed by atoms with van der Waals surface area (Å²) in [4.78, 5) is 0.146. The first kappa shape index (κ1) is 16.1. The third-order valence-electron chi connectivity index (χ3n) is 2.45. The first-order valence-corrected chi connectivity index (χ1v) is 8.70. The van der Waals surface area contributed by atoms with Crippen molar-refractivity contribution < 1.29 is 21.0 Å². The summed E-state index contributed by atoms with van der Waals surface area (Å²) >= 11 is 0. The maximum atomic E-state index is 11.8. The van der Waals surface area contributed by atoms with Crippen LogP contribution in [0.15, 0.2) is 29.2 Å². The van der Waals surface area contributed by atoms with E-state index < -0.39 is 26.2 Å². The Morgan fingerprint density at radius 3 is 1.89 bits per heavy atom. The van der Waals surface area contributed by atoms with Crippen LogP contribution in [0.4, 0.5) is 0 Å². The molecule has 0 aromatic heterocycles. The molecule has 0 saturated heterocycles. The summed E-state index contributed by atoms with van der Waals surface area (Å²) in [6.45, 7) is 1.58. The lowest BCUT2D eigenvalue weighted by molar-refractivity contribution is 0.236. The van der Waals surface area contributed by atoms with Gasteiger partial charge in [0.25, 0.3) is 10.1 Å². The van der Waals surface area contributed by atoms with E-state index in [2.05, 4.69) is 0 Å². The van der Waals surface area contributed by atoms with Crippen molar-refractivity contribution >= 4 is 20.1 Å². The van der Waals surface area contributed by atoms with Crippen LogP contribution in [0.5, 0.6) is 0 Å². The predicted molar refractivity (Wildman–Crippen MR) is 71.7 cm³/mol. The Balaban J connectivity index is 3.01. The number of hydrogen-bond donors (Lipinski definition) is 0. The Kier molecular flexibility index (Phi) is 4.72. The number of hydrogen-bond acceptors (Lipinski definition) is 5. The van der Waals surface area contributed by atoms with Gasteiger partial charge in [0.2, 0.25) is 10.0 Å². The zero-order valence-electron chi connectivity index (χ0n) is 11.2. The quantitative estimate of drug-likeness (QED) is 0.757. The molecule has 0 aliphatic heterocycles. The van der Waals surface area contributed by atoms with Crippen molar-refractivity contribution in [2.24, 2.45) is 0 Å². The highest BCUT2D eigenvalue weighted by molar-refractivity contribution is 7.89. The van der Waals surface area contributed by atoms with Crippen LogP contribution in [0.2, 0.25) is 0 Å². The number of rotatable bonds is 5. The molecule has 1 unspecified atom stereocenters. The van der Waals surface area contributed by atoms with Gasteiger partial charge in [-0.1, -0.05) is 12.1 Å². The third-order valence-corrected chi connectivity index (χ3v) is 4.91. The molecule has 108 valence electrons. The van der Waals surface area contributed by atoms with E-state index in [9.17, 15) is 16.8 Å². The molecule has 1 rings (SSSR count). The van der Waals surface area contributed by atoms with Gasteiger partial charge in [-0.05, 0) is 24.6 Å². The fourth-order valence-corrected chi connectivity index (χ4v) is 2.98. The third kappa shape index (κ3) is 4.27. The summed E-state index contributed by atoms with van der Waals surface area (Å²) in [5.41, 5.74) is 0.586. The lowest BCUT2D eigenvalue weighted by atomic mass is 10.1. The van der Waals surface area contributed by atoms with Crippen molar-refractivity contribution in [3.8, 4) is 0 Å². The Hall–Kier alpha value is -0.960. The van der Waals surface area contributed by atoms with E-state index in [-0.39, 0.29) is 4.90 Å². The van der Waals surface area contributed by atoms with Gasteiger partial charge in [0.05, 0.1) is 17.3 Å². The largest absolute Gasteiger partial charge is 0.264 e. The first-order chi connectivity index (χ1) is 8.54. The second-order valence-electron chi connectivity index (χ2n) is 4.30. The molecule has 0 saturated carbocycles. The number of benzene rings is 1. The molecule has 6 nitrogen and oxygen atoms in total. The van der Waals surface area contributed by atoms with Crippen molar-refractivity contribution in [1.82, 2.24) is 4.31 Å². The Bertz CT molecular complexity index is 632. The van der Waals surface area contributed by atoms with Crippen molar-refractivity contribution in [3.63, 3.8) is 0 Å². The van der Waals surface area contributed by atoms with E-state index in [4.69, 9.17) is 4.18 Å². The molecule has 0 N–H and O–H groups in total. The fraction of sp³-hybridized carbons (Fsp3) is 0.455. The molecule has 8 heteroatoms. The van der Waals surface area contributed by atoms with E-state index in [1.54, 1.807) is 6.92 Å². The van der Waals surface area contributed by atoms with E-state index in [0.29, 0.717) is 5.56 Å². The Labute approximate surface area is 114 Å². The molecule has 0 aliphatic carbocycles. The van der Waals surface area contributed by atoms with Gasteiger partial charge in [-0.2, -0.15) is 8.42 Å². The number of nitrogens with zero attached hydrogens (tertiary/aromatic N) is 1. The van der Waals surface area contributed by atoms with Crippen LogP contribution in [0, 0.1) is 0 Å². The SMILES string of the molecule is CC(OS(C)(=O)=O)c1ccc(S(=O)(=O)N(C)C)cc1. The van der Waals surface area contributed by atoms with E-state index in [1.807, 2.05) is 0 Å². The second-order valence-corrected chi connectivity index (χ2v) is 8.05. The van der Waals surface area contributed by atoms with Crippen LogP contribution in [0.1, 0.15) is 18.6 Å². The molecule has 0 amide bonds. The van der Waals surface area contributed by atoms with Crippen LogP contribution >= 0.6 is 0 Å². The molecule has 0 bridgehead atoms. The molecule has 0 fully saturated rings. The average molecular weight is 307 g/mol. The van der Waals surface area contributed by atoms with Crippen molar-refractivity contribution in [2.75, 3.05) is 20.4 Å². The van der Waals surface area contributed by atoms with E-state index >= 15 is 0 Å². The van der Waals surface area contributed by atoms with Gasteiger partial charge < -0.3 is 0 Å². The molecular weight excluding hydrogens is 290 g/mol. The van der Waals surface area contributed by atoms with Gasteiger partial charge in [0, 0.05) is 14.1 Å². The summed E-state index contributed by atoms with van der Waals surface area (Å²) in [6.07, 6.45) is 0.306. The zero-order valence-corrected chi connectivity index (χ0v) is 12.8. The van der Waals surface area contributed by atoms with E-state index in [1.165, 1.54) is 38.4 Å². The average Bonchev–Trinajstić information content (AvgIpc) is 2.26. The molecule has 0 heterocycles. The van der Waals surface area contributed by atoms with Crippen LogP contribution in [0.3, 0.4) is 0 Å². The molecule has 1 aromatic carbocycles. The Morgan fingerprint density at radius 1 is 1.05 bits per heavy atom. The van der Waals surface area contributed by atoms with E-state index in [0.717, 1.165) is 10.6 Å². The molecule has 0 radical (unpaired) electrons. The second kappa shape index (κ2) is 5.58. The molecule has 1 aromatic rings. The molecule has 0 spiro atoms. The van der Waals surface area contributed by atoms with Crippen LogP contribution in [-0.2, 0) is 24.3 Å². The Morgan fingerprint density at radius 2 is 1.53 bits per heavy atom. The standard InChI is InChI=1S/C11H17NO5S2/c1-9(17-18(4,13)14)10-5-7-11(8-6-10)19(15,16)12(2)3/h5-9H,1-4H3. The maximum absolute atomic E-state index is 11.8. The fourth-order valence-electron chi connectivity index (χ4n) is 1.44. The maximum Gasteiger partial charge on any atom is 0.264 e. The minimum Gasteiger partial charge on any atom is -0.262 e. The molecule has 19 heavy (non-hydrogen) atoms.